The Hall–Kier alpha value is -0.840. The molecule has 0 aliphatic heterocycles. The summed E-state index contributed by atoms with van der Waals surface area (Å²) in [6.07, 6.45) is 3.69. The predicted octanol–water partition coefficient (Wildman–Crippen LogP) is 3.94. The van der Waals surface area contributed by atoms with Crippen LogP contribution in [-0.2, 0) is 0 Å². The molecule has 2 nitrogen and oxygen atoms in total. The van der Waals surface area contributed by atoms with Crippen molar-refractivity contribution >= 4 is 27.7 Å². The Labute approximate surface area is 120 Å². The van der Waals surface area contributed by atoms with Crippen LogP contribution < -0.4 is 5.73 Å². The number of aromatic nitrogens is 1. The van der Waals surface area contributed by atoms with E-state index in [0.29, 0.717) is 0 Å². The number of thioether (sulfide) groups is 1. The van der Waals surface area contributed by atoms with Crippen LogP contribution >= 0.6 is 27.7 Å². The molecule has 2 N–H and O–H groups in total. The maximum Gasteiger partial charge on any atom is 0.0405 e. The van der Waals surface area contributed by atoms with Crippen molar-refractivity contribution in [1.29, 1.82) is 0 Å². The minimum atomic E-state index is 0.00880. The first kappa shape index (κ1) is 13.6. The van der Waals surface area contributed by atoms with Gasteiger partial charge in [0.25, 0.3) is 0 Å². The van der Waals surface area contributed by atoms with Crippen molar-refractivity contribution in [2.75, 3.05) is 5.75 Å². The van der Waals surface area contributed by atoms with Crippen molar-refractivity contribution in [2.24, 2.45) is 5.73 Å². The van der Waals surface area contributed by atoms with E-state index in [2.05, 4.69) is 33.0 Å². The van der Waals surface area contributed by atoms with Crippen LogP contribution in [0.1, 0.15) is 17.2 Å². The summed E-state index contributed by atoms with van der Waals surface area (Å²) in [4.78, 5) is 5.40. The number of aryl methyl sites for hydroxylation is 1. The van der Waals surface area contributed by atoms with Crippen molar-refractivity contribution in [3.05, 3.63) is 58.3 Å². The summed E-state index contributed by atoms with van der Waals surface area (Å²) < 4.78 is 1.12. The van der Waals surface area contributed by atoms with Crippen LogP contribution in [0.4, 0.5) is 0 Å². The highest BCUT2D eigenvalue weighted by atomic mass is 79.9. The van der Waals surface area contributed by atoms with E-state index < -0.39 is 0 Å². The lowest BCUT2D eigenvalue weighted by Crippen LogP contribution is -2.13. The molecule has 0 amide bonds. The Kier molecular flexibility index (Phi) is 4.80. The number of hydrogen-bond acceptors (Lipinski definition) is 3. The van der Waals surface area contributed by atoms with Crippen molar-refractivity contribution in [1.82, 2.24) is 4.98 Å². The number of halogens is 1. The highest BCUT2D eigenvalue weighted by molar-refractivity contribution is 9.10. The molecule has 0 fully saturated rings. The highest BCUT2D eigenvalue weighted by Gasteiger charge is 2.08. The molecule has 0 saturated carbocycles. The van der Waals surface area contributed by atoms with Gasteiger partial charge in [-0.25, -0.2) is 0 Å². The van der Waals surface area contributed by atoms with Gasteiger partial charge >= 0.3 is 0 Å². The first-order valence-corrected chi connectivity index (χ1v) is 7.49. The lowest BCUT2D eigenvalue weighted by Gasteiger charge is -2.12. The Morgan fingerprint density at radius 3 is 2.83 bits per heavy atom. The normalized spacial score (nSPS) is 12.4. The predicted molar refractivity (Wildman–Crippen MR) is 80.8 cm³/mol. The van der Waals surface area contributed by atoms with E-state index in [4.69, 9.17) is 5.73 Å². The Morgan fingerprint density at radius 2 is 2.11 bits per heavy atom. The first-order valence-electron chi connectivity index (χ1n) is 5.71. The second kappa shape index (κ2) is 6.36. The van der Waals surface area contributed by atoms with Gasteiger partial charge in [-0.3, -0.25) is 4.98 Å². The fourth-order valence-electron chi connectivity index (χ4n) is 1.62. The van der Waals surface area contributed by atoms with Gasteiger partial charge in [0.1, 0.15) is 0 Å². The number of pyridine rings is 1. The third-order valence-electron chi connectivity index (χ3n) is 2.58. The molecule has 1 aromatic carbocycles. The summed E-state index contributed by atoms with van der Waals surface area (Å²) in [5.41, 5.74) is 8.42. The summed E-state index contributed by atoms with van der Waals surface area (Å²) in [5, 5.41) is 0. The van der Waals surface area contributed by atoms with Crippen molar-refractivity contribution in [3.8, 4) is 0 Å². The molecule has 1 heterocycles. The van der Waals surface area contributed by atoms with Crippen molar-refractivity contribution < 1.29 is 0 Å². The van der Waals surface area contributed by atoms with Gasteiger partial charge in [-0.2, -0.15) is 0 Å². The van der Waals surface area contributed by atoms with Crippen LogP contribution in [0.15, 0.2) is 52.1 Å². The average molecular weight is 323 g/mol. The van der Waals surface area contributed by atoms with Crippen LogP contribution in [0.5, 0.6) is 0 Å². The molecule has 1 atom stereocenters. The van der Waals surface area contributed by atoms with Gasteiger partial charge in [0, 0.05) is 33.6 Å². The van der Waals surface area contributed by atoms with E-state index in [1.807, 2.05) is 37.5 Å². The SMILES string of the molecule is Cc1cncc(C(N)CSc2ccccc2Br)c1. The average Bonchev–Trinajstić information content (AvgIpc) is 2.37. The van der Waals surface area contributed by atoms with Crippen molar-refractivity contribution in [2.45, 2.75) is 17.9 Å². The smallest absolute Gasteiger partial charge is 0.0405 e. The number of nitrogens with zero attached hydrogens (tertiary/aromatic N) is 1. The second-order valence-electron chi connectivity index (χ2n) is 4.14. The van der Waals surface area contributed by atoms with Crippen LogP contribution in [-0.4, -0.2) is 10.7 Å². The van der Waals surface area contributed by atoms with Gasteiger partial charge in [0.2, 0.25) is 0 Å². The maximum absolute atomic E-state index is 6.19. The lowest BCUT2D eigenvalue weighted by molar-refractivity contribution is 0.822. The molecule has 1 aromatic heterocycles. The van der Waals surface area contributed by atoms with E-state index in [1.165, 1.54) is 4.90 Å². The van der Waals surface area contributed by atoms with E-state index >= 15 is 0 Å². The third kappa shape index (κ3) is 3.57. The molecule has 18 heavy (non-hydrogen) atoms. The number of hydrogen-bond donors (Lipinski definition) is 1. The fraction of sp³-hybridized carbons (Fsp3) is 0.214. The van der Waals surface area contributed by atoms with Gasteiger partial charge in [0.15, 0.2) is 0 Å². The molecule has 0 spiro atoms. The van der Waals surface area contributed by atoms with E-state index in [-0.39, 0.29) is 6.04 Å². The van der Waals surface area contributed by atoms with Gasteiger partial charge in [-0.05, 0) is 46.1 Å². The molecule has 4 heteroatoms. The maximum atomic E-state index is 6.19. The molecule has 1 unspecified atom stereocenters. The van der Waals surface area contributed by atoms with Crippen molar-refractivity contribution in [3.63, 3.8) is 0 Å². The summed E-state index contributed by atoms with van der Waals surface area (Å²) in [6.45, 7) is 2.03. The molecule has 0 bridgehead atoms. The zero-order valence-electron chi connectivity index (χ0n) is 10.1. The molecule has 0 aliphatic carbocycles. The quantitative estimate of drug-likeness (QED) is 0.866. The van der Waals surface area contributed by atoms with Gasteiger partial charge in [-0.15, -0.1) is 11.8 Å². The molecular formula is C14H15BrN2S. The summed E-state index contributed by atoms with van der Waals surface area (Å²) >= 11 is 5.30. The lowest BCUT2D eigenvalue weighted by atomic mass is 10.1. The largest absolute Gasteiger partial charge is 0.323 e. The fourth-order valence-corrected chi connectivity index (χ4v) is 3.18. The molecule has 0 aliphatic rings. The van der Waals surface area contributed by atoms with E-state index in [0.717, 1.165) is 21.4 Å². The zero-order chi connectivity index (χ0) is 13.0. The molecule has 2 aromatic rings. The monoisotopic (exact) mass is 322 g/mol. The van der Waals surface area contributed by atoms with Gasteiger partial charge < -0.3 is 5.73 Å². The topological polar surface area (TPSA) is 38.9 Å². The molecule has 94 valence electrons. The highest BCUT2D eigenvalue weighted by Crippen LogP contribution is 2.29. The zero-order valence-corrected chi connectivity index (χ0v) is 12.5. The minimum Gasteiger partial charge on any atom is -0.323 e. The summed E-state index contributed by atoms with van der Waals surface area (Å²) in [6, 6.07) is 10.3. The van der Waals surface area contributed by atoms with Crippen LogP contribution in [0.3, 0.4) is 0 Å². The van der Waals surface area contributed by atoms with Gasteiger partial charge in [0.05, 0.1) is 0 Å². The number of benzene rings is 1. The molecule has 0 saturated heterocycles. The molecular weight excluding hydrogens is 308 g/mol. The number of rotatable bonds is 4. The Balaban J connectivity index is 2.00. The van der Waals surface area contributed by atoms with Gasteiger partial charge in [-0.1, -0.05) is 18.2 Å². The summed E-state index contributed by atoms with van der Waals surface area (Å²) in [7, 11) is 0. The van der Waals surface area contributed by atoms with Crippen LogP contribution in [0.2, 0.25) is 0 Å². The Morgan fingerprint density at radius 1 is 1.33 bits per heavy atom. The second-order valence-corrected chi connectivity index (χ2v) is 6.06. The molecule has 2 rings (SSSR count). The van der Waals surface area contributed by atoms with E-state index in [9.17, 15) is 0 Å². The van der Waals surface area contributed by atoms with Crippen LogP contribution in [0, 0.1) is 6.92 Å². The Bertz CT molecular complexity index is 531. The molecule has 0 radical (unpaired) electrons. The van der Waals surface area contributed by atoms with E-state index in [1.54, 1.807) is 11.8 Å². The van der Waals surface area contributed by atoms with Crippen LogP contribution in [0.25, 0.3) is 0 Å². The minimum absolute atomic E-state index is 0.00880. The number of nitrogens with two attached hydrogens (primary N) is 1. The first-order chi connectivity index (χ1) is 8.66. The third-order valence-corrected chi connectivity index (χ3v) is 4.73. The standard InChI is InChI=1S/C14H15BrN2S/c1-10-6-11(8-17-7-10)13(16)9-18-14-5-3-2-4-12(14)15/h2-8,13H,9,16H2,1H3. The summed E-state index contributed by atoms with van der Waals surface area (Å²) in [5.74, 6) is 0.841.